The Kier molecular flexibility index (Phi) is 8.51. The van der Waals surface area contributed by atoms with E-state index < -0.39 is 11.7 Å². The Hall–Kier alpha value is -1.67. The van der Waals surface area contributed by atoms with Crippen LogP contribution in [0.5, 0.6) is 5.75 Å². The minimum absolute atomic E-state index is 0.0664. The number of aliphatic hydroxyl groups excluding tert-OH is 1. The van der Waals surface area contributed by atoms with Gasteiger partial charge in [0.2, 0.25) is 5.91 Å². The molecule has 4 N–H and O–H groups in total. The van der Waals surface area contributed by atoms with E-state index >= 15 is 0 Å². The van der Waals surface area contributed by atoms with E-state index in [1.54, 1.807) is 7.11 Å². The molecule has 3 fully saturated rings. The maximum absolute atomic E-state index is 13.3. The highest BCUT2D eigenvalue weighted by Crippen LogP contribution is 2.44. The number of para-hydroxylation sites is 1. The van der Waals surface area contributed by atoms with E-state index in [-0.39, 0.29) is 23.8 Å². The first-order valence-electron chi connectivity index (χ1n) is 13.1. The van der Waals surface area contributed by atoms with E-state index in [0.717, 1.165) is 37.0 Å². The Morgan fingerprint density at radius 1 is 1.21 bits per heavy atom. The summed E-state index contributed by atoms with van der Waals surface area (Å²) in [5.41, 5.74) is 5.73. The molecule has 5 atom stereocenters. The largest absolute Gasteiger partial charge is 0.493 e. The monoisotopic (exact) mass is 474 g/mol. The van der Waals surface area contributed by atoms with Crippen molar-refractivity contribution in [3.8, 4) is 5.75 Å². The number of piperidine rings is 1. The van der Waals surface area contributed by atoms with Crippen LogP contribution in [-0.4, -0.2) is 66.6 Å². The number of hydrogen-bond donors (Lipinski definition) is 3. The molecule has 3 aliphatic rings. The number of unbranched alkanes of at least 4 members (excludes halogenated alkanes) is 1. The van der Waals surface area contributed by atoms with Gasteiger partial charge in [-0.3, -0.25) is 4.79 Å². The van der Waals surface area contributed by atoms with Crippen LogP contribution in [0.25, 0.3) is 0 Å². The van der Waals surface area contributed by atoms with Crippen LogP contribution in [-0.2, 0) is 15.1 Å². The molecule has 0 bridgehead atoms. The van der Waals surface area contributed by atoms with Crippen molar-refractivity contribution >= 4 is 5.91 Å². The van der Waals surface area contributed by atoms with Gasteiger partial charge in [0.25, 0.3) is 0 Å². The average Bonchev–Trinajstić information content (AvgIpc) is 3.63. The summed E-state index contributed by atoms with van der Waals surface area (Å²) >= 11 is 0. The Morgan fingerprint density at radius 2 is 2.00 bits per heavy atom. The molecule has 1 unspecified atom stereocenters. The first kappa shape index (κ1) is 25.4. The number of ether oxygens (including phenoxy) is 2. The highest BCUT2D eigenvalue weighted by Gasteiger charge is 2.44. The predicted molar refractivity (Wildman–Crippen MR) is 130 cm³/mol. The molecule has 1 aromatic rings. The van der Waals surface area contributed by atoms with Crippen molar-refractivity contribution < 1.29 is 24.5 Å². The molecule has 0 spiro atoms. The number of aliphatic hydroxyl groups is 2. The number of carbonyl (C=O) groups is 1. The van der Waals surface area contributed by atoms with E-state index in [2.05, 4.69) is 0 Å². The van der Waals surface area contributed by atoms with Crippen LogP contribution < -0.4 is 10.5 Å². The maximum Gasteiger partial charge on any atom is 0.225 e. The second kappa shape index (κ2) is 11.4. The van der Waals surface area contributed by atoms with Crippen molar-refractivity contribution in [2.24, 2.45) is 23.5 Å². The zero-order valence-electron chi connectivity index (χ0n) is 20.5. The number of methoxy groups -OCH3 is 1. The highest BCUT2D eigenvalue weighted by molar-refractivity contribution is 5.79. The second-order valence-corrected chi connectivity index (χ2v) is 10.6. The van der Waals surface area contributed by atoms with Crippen molar-refractivity contribution in [1.82, 2.24) is 4.90 Å². The van der Waals surface area contributed by atoms with Gasteiger partial charge in [-0.2, -0.15) is 0 Å². The smallest absolute Gasteiger partial charge is 0.225 e. The summed E-state index contributed by atoms with van der Waals surface area (Å²) in [5, 5.41) is 22.3. The molecule has 1 saturated heterocycles. The summed E-state index contributed by atoms with van der Waals surface area (Å²) < 4.78 is 11.4. The summed E-state index contributed by atoms with van der Waals surface area (Å²) in [7, 11) is 1.70. The topological polar surface area (TPSA) is 105 Å². The maximum atomic E-state index is 13.3. The Bertz CT molecular complexity index is 806. The molecule has 34 heavy (non-hydrogen) atoms. The molecule has 190 valence electrons. The molecule has 7 nitrogen and oxygen atoms in total. The predicted octanol–water partition coefficient (Wildman–Crippen LogP) is 2.82. The molecule has 7 heteroatoms. The zero-order valence-corrected chi connectivity index (χ0v) is 20.5. The number of carbonyl (C=O) groups excluding carboxylic acids is 1. The number of likely N-dealkylation sites (tertiary alicyclic amines) is 1. The first-order chi connectivity index (χ1) is 16.4. The first-order valence-corrected chi connectivity index (χ1v) is 13.1. The quantitative estimate of drug-likeness (QED) is 0.426. The Balaban J connectivity index is 1.53. The van der Waals surface area contributed by atoms with Crippen molar-refractivity contribution in [1.29, 1.82) is 0 Å². The van der Waals surface area contributed by atoms with Gasteiger partial charge in [-0.25, -0.2) is 0 Å². The number of hydrogen-bond acceptors (Lipinski definition) is 6. The number of nitrogens with two attached hydrogens (primary N) is 1. The van der Waals surface area contributed by atoms with E-state index in [9.17, 15) is 15.0 Å². The van der Waals surface area contributed by atoms with E-state index in [1.165, 1.54) is 12.8 Å². The lowest BCUT2D eigenvalue weighted by molar-refractivity contribution is -0.141. The van der Waals surface area contributed by atoms with Crippen LogP contribution in [0.1, 0.15) is 63.4 Å². The van der Waals surface area contributed by atoms with Gasteiger partial charge in [0.15, 0.2) is 0 Å². The van der Waals surface area contributed by atoms with Crippen LogP contribution in [0.3, 0.4) is 0 Å². The summed E-state index contributed by atoms with van der Waals surface area (Å²) in [4.78, 5) is 15.2. The molecule has 0 aromatic heterocycles. The van der Waals surface area contributed by atoms with Crippen LogP contribution in [0.2, 0.25) is 0 Å². The molecule has 1 aromatic carbocycles. The minimum atomic E-state index is -1.08. The third-order valence-corrected chi connectivity index (χ3v) is 8.02. The molecular formula is C27H42N2O5. The highest BCUT2D eigenvalue weighted by atomic mass is 16.5. The molecule has 2 aliphatic carbocycles. The number of rotatable bonds is 11. The van der Waals surface area contributed by atoms with Gasteiger partial charge in [0, 0.05) is 50.2 Å². The van der Waals surface area contributed by atoms with E-state index in [1.807, 2.05) is 29.2 Å². The third-order valence-electron chi connectivity index (χ3n) is 8.02. The fourth-order valence-corrected chi connectivity index (χ4v) is 5.72. The molecule has 2 saturated carbocycles. The van der Waals surface area contributed by atoms with Crippen LogP contribution >= 0.6 is 0 Å². The van der Waals surface area contributed by atoms with Crippen molar-refractivity contribution in [2.45, 2.75) is 75.5 Å². The molecule has 1 aliphatic heterocycles. The van der Waals surface area contributed by atoms with Gasteiger partial charge in [0.05, 0.1) is 18.3 Å². The number of benzene rings is 1. The van der Waals surface area contributed by atoms with Crippen molar-refractivity contribution in [3.05, 3.63) is 29.8 Å². The lowest BCUT2D eigenvalue weighted by Gasteiger charge is -2.44. The average molecular weight is 475 g/mol. The van der Waals surface area contributed by atoms with E-state index in [0.29, 0.717) is 51.5 Å². The Morgan fingerprint density at radius 3 is 2.71 bits per heavy atom. The zero-order chi connectivity index (χ0) is 24.1. The van der Waals surface area contributed by atoms with Crippen molar-refractivity contribution in [2.75, 3.05) is 33.4 Å². The SMILES string of the molecule is COCCCC[C@](O)(c1ccccc1OCC1CC1)C1CCCN(C(=O)[C@H]2C[C@@H](N)[C@@H](O)C2)C1. The van der Waals surface area contributed by atoms with Gasteiger partial charge >= 0.3 is 0 Å². The standard InChI is InChI=1S/C27H42N2O5/c1-33-14-5-4-12-27(32,22-8-2-3-9-25(22)34-18-19-10-11-19)21-7-6-13-29(17-21)26(31)20-15-23(28)24(30)16-20/h2-3,8-9,19-21,23-24,30,32H,4-7,10-18,28H2,1H3/t20-,21?,23+,24-,27+/m0/s1. The lowest BCUT2D eigenvalue weighted by atomic mass is 9.73. The van der Waals surface area contributed by atoms with Gasteiger partial charge in [-0.05, 0) is 69.8 Å². The van der Waals surface area contributed by atoms with Crippen LogP contribution in [0, 0.1) is 17.8 Å². The van der Waals surface area contributed by atoms with Crippen LogP contribution in [0.15, 0.2) is 24.3 Å². The Labute approximate surface area is 203 Å². The van der Waals surface area contributed by atoms with Crippen LogP contribution in [0.4, 0.5) is 0 Å². The molecule has 0 radical (unpaired) electrons. The molecule has 1 heterocycles. The second-order valence-electron chi connectivity index (χ2n) is 10.6. The fraction of sp³-hybridized carbons (Fsp3) is 0.741. The summed E-state index contributed by atoms with van der Waals surface area (Å²) in [6.45, 7) is 2.56. The lowest BCUT2D eigenvalue weighted by Crippen LogP contribution is -2.49. The summed E-state index contributed by atoms with van der Waals surface area (Å²) in [5.74, 6) is 1.14. The molecule has 1 amide bonds. The van der Waals surface area contributed by atoms with Gasteiger partial charge < -0.3 is 30.3 Å². The minimum Gasteiger partial charge on any atom is -0.493 e. The number of amides is 1. The van der Waals surface area contributed by atoms with Gasteiger partial charge in [0.1, 0.15) is 5.75 Å². The molecular weight excluding hydrogens is 432 g/mol. The normalized spacial score (nSPS) is 29.1. The van der Waals surface area contributed by atoms with Crippen molar-refractivity contribution in [3.63, 3.8) is 0 Å². The third kappa shape index (κ3) is 5.93. The summed E-state index contributed by atoms with van der Waals surface area (Å²) in [6.07, 6.45) is 6.78. The fourth-order valence-electron chi connectivity index (χ4n) is 5.72. The number of nitrogens with zero attached hydrogens (tertiary/aromatic N) is 1. The summed E-state index contributed by atoms with van der Waals surface area (Å²) in [6, 6.07) is 7.55. The van der Waals surface area contributed by atoms with Gasteiger partial charge in [-0.1, -0.05) is 18.2 Å². The van der Waals surface area contributed by atoms with Gasteiger partial charge in [-0.15, -0.1) is 0 Å². The van der Waals surface area contributed by atoms with E-state index in [4.69, 9.17) is 15.2 Å². The molecule has 4 rings (SSSR count).